The molecule has 1 saturated heterocycles. The molecule has 1 aliphatic heterocycles. The molecular weight excluding hydrogens is 450 g/mol. The van der Waals surface area contributed by atoms with Crippen molar-refractivity contribution in [1.29, 1.82) is 0 Å². The summed E-state index contributed by atoms with van der Waals surface area (Å²) in [6.07, 6.45) is 1.98. The molecule has 29 heavy (non-hydrogen) atoms. The number of nitrogens with zero attached hydrogens (tertiary/aromatic N) is 3. The predicted molar refractivity (Wildman–Crippen MR) is 117 cm³/mol. The number of halogens is 1. The van der Waals surface area contributed by atoms with Crippen LogP contribution >= 0.6 is 34.3 Å². The van der Waals surface area contributed by atoms with Crippen LogP contribution in [0.2, 0.25) is 4.34 Å². The summed E-state index contributed by atoms with van der Waals surface area (Å²) >= 11 is 8.37. The van der Waals surface area contributed by atoms with Gasteiger partial charge in [-0.1, -0.05) is 41.5 Å². The number of thiazole rings is 1. The third kappa shape index (κ3) is 3.82. The Morgan fingerprint density at radius 1 is 1.21 bits per heavy atom. The van der Waals surface area contributed by atoms with Crippen molar-refractivity contribution in [2.45, 2.75) is 36.4 Å². The number of rotatable bonds is 3. The summed E-state index contributed by atoms with van der Waals surface area (Å²) in [5.74, 6) is -0.421. The van der Waals surface area contributed by atoms with Gasteiger partial charge in [-0.25, -0.2) is 8.42 Å². The van der Waals surface area contributed by atoms with Crippen molar-refractivity contribution in [2.75, 3.05) is 6.54 Å². The number of hydrogen-bond acceptors (Lipinski definition) is 5. The highest BCUT2D eigenvalue weighted by Crippen LogP contribution is 2.32. The van der Waals surface area contributed by atoms with Gasteiger partial charge in [-0.05, 0) is 43.5 Å². The highest BCUT2D eigenvalue weighted by molar-refractivity contribution is 7.91. The Hall–Kier alpha value is -1.52. The molecule has 6 nitrogen and oxygen atoms in total. The number of amides is 1. The van der Waals surface area contributed by atoms with Crippen molar-refractivity contribution in [3.63, 3.8) is 0 Å². The van der Waals surface area contributed by atoms with Gasteiger partial charge in [0.25, 0.3) is 15.9 Å². The quantitative estimate of drug-likeness (QED) is 0.583. The lowest BCUT2D eigenvalue weighted by molar-refractivity contribution is -0.122. The standard InChI is InChI=1S/C19H20ClN3O3S3/c1-12-6-5-8-14-17(12)22(2)19(27-14)21-18(24)13-7-3-4-11-23(13)29(25,26)16-10-9-15(20)28-16/h5-6,8-10,13H,3-4,7,11H2,1-2H3. The molecule has 154 valence electrons. The number of para-hydroxylation sites is 1. The van der Waals surface area contributed by atoms with Crippen LogP contribution in [-0.2, 0) is 21.9 Å². The number of aryl methyl sites for hydroxylation is 2. The van der Waals surface area contributed by atoms with Crippen LogP contribution in [0.5, 0.6) is 0 Å². The molecule has 10 heteroatoms. The zero-order chi connectivity index (χ0) is 20.8. The smallest absolute Gasteiger partial charge is 0.266 e. The van der Waals surface area contributed by atoms with Crippen LogP contribution in [0.25, 0.3) is 10.2 Å². The molecule has 0 spiro atoms. The van der Waals surface area contributed by atoms with Crippen LogP contribution in [0.1, 0.15) is 24.8 Å². The van der Waals surface area contributed by atoms with E-state index in [1.807, 2.05) is 36.7 Å². The van der Waals surface area contributed by atoms with Gasteiger partial charge in [0.15, 0.2) is 4.80 Å². The topological polar surface area (TPSA) is 71.7 Å². The molecule has 3 aromatic rings. The van der Waals surface area contributed by atoms with Crippen LogP contribution in [0.15, 0.2) is 39.5 Å². The van der Waals surface area contributed by atoms with Crippen LogP contribution in [0, 0.1) is 6.92 Å². The van der Waals surface area contributed by atoms with Gasteiger partial charge in [-0.3, -0.25) is 4.79 Å². The van der Waals surface area contributed by atoms with Crippen molar-refractivity contribution in [3.05, 3.63) is 45.0 Å². The fourth-order valence-electron chi connectivity index (χ4n) is 3.66. The van der Waals surface area contributed by atoms with Crippen LogP contribution in [0.3, 0.4) is 0 Å². The summed E-state index contributed by atoms with van der Waals surface area (Å²) in [7, 11) is -1.91. The van der Waals surface area contributed by atoms with E-state index in [2.05, 4.69) is 4.99 Å². The lowest BCUT2D eigenvalue weighted by Gasteiger charge is -2.31. The average Bonchev–Trinajstić information content (AvgIpc) is 3.27. The monoisotopic (exact) mass is 469 g/mol. The predicted octanol–water partition coefficient (Wildman–Crippen LogP) is 3.93. The van der Waals surface area contributed by atoms with E-state index in [0.29, 0.717) is 22.1 Å². The number of benzene rings is 1. The molecule has 4 rings (SSSR count). The molecular formula is C19H20ClN3O3S3. The first kappa shape index (κ1) is 20.7. The first-order valence-corrected chi connectivity index (χ1v) is 12.6. The zero-order valence-electron chi connectivity index (χ0n) is 16.0. The molecule has 0 N–H and O–H groups in total. The van der Waals surface area contributed by atoms with E-state index in [-0.39, 0.29) is 4.21 Å². The number of carbonyl (C=O) groups excluding carboxylic acids is 1. The number of aromatic nitrogens is 1. The van der Waals surface area contributed by atoms with E-state index in [1.165, 1.54) is 21.7 Å². The third-order valence-corrected chi connectivity index (χ3v) is 9.78. The molecule has 3 heterocycles. The molecule has 2 aromatic heterocycles. The second-order valence-corrected chi connectivity index (χ2v) is 11.8. The van der Waals surface area contributed by atoms with E-state index in [0.717, 1.165) is 40.0 Å². The van der Waals surface area contributed by atoms with E-state index < -0.39 is 22.0 Å². The number of hydrogen-bond donors (Lipinski definition) is 0. The minimum atomic E-state index is -3.79. The summed E-state index contributed by atoms with van der Waals surface area (Å²) in [6.45, 7) is 2.32. The Bertz CT molecular complexity index is 1260. The first-order valence-electron chi connectivity index (χ1n) is 9.20. The lowest BCUT2D eigenvalue weighted by atomic mass is 10.0. The number of fused-ring (bicyclic) bond motifs is 1. The minimum absolute atomic E-state index is 0.158. The van der Waals surface area contributed by atoms with Crippen molar-refractivity contribution in [2.24, 2.45) is 12.0 Å². The molecule has 0 aliphatic carbocycles. The number of thiophene rings is 1. The van der Waals surface area contributed by atoms with Gasteiger partial charge >= 0.3 is 0 Å². The second-order valence-electron chi connectivity index (χ2n) is 7.00. The molecule has 1 amide bonds. The lowest BCUT2D eigenvalue weighted by Crippen LogP contribution is -2.47. The first-order chi connectivity index (χ1) is 13.8. The molecule has 1 fully saturated rings. The summed E-state index contributed by atoms with van der Waals surface area (Å²) in [5, 5.41) is 0. The van der Waals surface area contributed by atoms with E-state index in [9.17, 15) is 13.2 Å². The summed E-state index contributed by atoms with van der Waals surface area (Å²) in [4.78, 5) is 18.0. The SMILES string of the molecule is Cc1cccc2sc(=NC(=O)C3CCCCN3S(=O)(=O)c3ccc(Cl)s3)n(C)c12. The number of piperidine rings is 1. The molecule has 0 bridgehead atoms. The Morgan fingerprint density at radius 3 is 2.69 bits per heavy atom. The zero-order valence-corrected chi connectivity index (χ0v) is 19.2. The van der Waals surface area contributed by atoms with E-state index >= 15 is 0 Å². The maximum atomic E-state index is 13.1. The van der Waals surface area contributed by atoms with Crippen molar-refractivity contribution < 1.29 is 13.2 Å². The van der Waals surface area contributed by atoms with Crippen molar-refractivity contribution >= 4 is 60.4 Å². The molecule has 1 aromatic carbocycles. The van der Waals surface area contributed by atoms with E-state index in [4.69, 9.17) is 11.6 Å². The highest BCUT2D eigenvalue weighted by Gasteiger charge is 2.38. The van der Waals surface area contributed by atoms with Crippen LogP contribution in [-0.4, -0.2) is 35.8 Å². The van der Waals surface area contributed by atoms with Gasteiger partial charge in [0.05, 0.1) is 14.6 Å². The maximum Gasteiger partial charge on any atom is 0.266 e. The highest BCUT2D eigenvalue weighted by atomic mass is 35.5. The Kier molecular flexibility index (Phi) is 5.69. The van der Waals surface area contributed by atoms with Crippen LogP contribution in [0.4, 0.5) is 0 Å². The molecule has 0 saturated carbocycles. The van der Waals surface area contributed by atoms with Crippen LogP contribution < -0.4 is 4.80 Å². The largest absolute Gasteiger partial charge is 0.319 e. The van der Waals surface area contributed by atoms with Gasteiger partial charge in [-0.2, -0.15) is 9.30 Å². The van der Waals surface area contributed by atoms with E-state index in [1.54, 1.807) is 6.07 Å². The van der Waals surface area contributed by atoms with Gasteiger partial charge < -0.3 is 4.57 Å². The molecule has 1 aliphatic rings. The Labute approximate surface area is 182 Å². The van der Waals surface area contributed by atoms with Gasteiger partial charge in [0.2, 0.25) is 0 Å². The molecule has 0 radical (unpaired) electrons. The van der Waals surface area contributed by atoms with Gasteiger partial charge in [0, 0.05) is 13.6 Å². The van der Waals surface area contributed by atoms with Gasteiger partial charge in [0.1, 0.15) is 10.3 Å². The number of sulfonamides is 1. The maximum absolute atomic E-state index is 13.1. The number of carbonyl (C=O) groups is 1. The van der Waals surface area contributed by atoms with Gasteiger partial charge in [-0.15, -0.1) is 11.3 Å². The minimum Gasteiger partial charge on any atom is -0.319 e. The molecule has 1 atom stereocenters. The Morgan fingerprint density at radius 2 is 2.00 bits per heavy atom. The van der Waals surface area contributed by atoms with Crippen molar-refractivity contribution in [1.82, 2.24) is 8.87 Å². The Balaban J connectivity index is 1.73. The average molecular weight is 470 g/mol. The fourth-order valence-corrected chi connectivity index (χ4v) is 8.03. The summed E-state index contributed by atoms with van der Waals surface area (Å²) in [6, 6.07) is 8.24. The summed E-state index contributed by atoms with van der Waals surface area (Å²) in [5.41, 5.74) is 2.14. The van der Waals surface area contributed by atoms with Crippen molar-refractivity contribution in [3.8, 4) is 0 Å². The third-order valence-electron chi connectivity index (χ3n) is 5.08. The summed E-state index contributed by atoms with van der Waals surface area (Å²) < 4.78 is 31.0. The second kappa shape index (κ2) is 7.96. The fraction of sp³-hybridized carbons (Fsp3) is 0.368. The normalized spacial score (nSPS) is 19.1. The molecule has 1 unspecified atom stereocenters.